The van der Waals surface area contributed by atoms with Gasteiger partial charge in [0.05, 0.1) is 12.7 Å². The number of rotatable bonds is 5. The molecule has 0 unspecified atom stereocenters. The van der Waals surface area contributed by atoms with Crippen LogP contribution in [-0.2, 0) is 0 Å². The zero-order valence-corrected chi connectivity index (χ0v) is 14.3. The van der Waals surface area contributed by atoms with Crippen LogP contribution in [0.1, 0.15) is 26.5 Å². The second-order valence-corrected chi connectivity index (χ2v) is 5.65. The predicted molar refractivity (Wildman–Crippen MR) is 96.8 cm³/mol. The smallest absolute Gasteiger partial charge is 0.371 e. The highest BCUT2D eigenvalue weighted by atomic mass is 16.5. The monoisotopic (exact) mass is 351 g/mol. The number of carbonyl (C=O) groups excluding carboxylic acids is 1. The van der Waals surface area contributed by atoms with E-state index in [-0.39, 0.29) is 11.7 Å². The summed E-state index contributed by atoms with van der Waals surface area (Å²) in [6.07, 6.45) is 0. The molecule has 0 radical (unpaired) electrons. The molecule has 2 N–H and O–H groups in total. The molecule has 0 aliphatic rings. The van der Waals surface area contributed by atoms with E-state index in [9.17, 15) is 9.59 Å². The van der Waals surface area contributed by atoms with Gasteiger partial charge in [-0.25, -0.2) is 4.79 Å². The van der Waals surface area contributed by atoms with Crippen LogP contribution >= 0.6 is 0 Å². The highest BCUT2D eigenvalue weighted by Gasteiger charge is 2.15. The van der Waals surface area contributed by atoms with Crippen molar-refractivity contribution >= 4 is 17.6 Å². The molecule has 1 aromatic heterocycles. The van der Waals surface area contributed by atoms with Crippen molar-refractivity contribution in [3.63, 3.8) is 0 Å². The Hall–Kier alpha value is -3.54. The van der Waals surface area contributed by atoms with Crippen LogP contribution in [0.3, 0.4) is 0 Å². The third-order valence-corrected chi connectivity index (χ3v) is 3.93. The highest BCUT2D eigenvalue weighted by Crippen LogP contribution is 2.33. The molecule has 26 heavy (non-hydrogen) atoms. The zero-order valence-electron chi connectivity index (χ0n) is 14.3. The van der Waals surface area contributed by atoms with Crippen LogP contribution < -0.4 is 10.1 Å². The Bertz CT molecular complexity index is 974. The van der Waals surface area contributed by atoms with E-state index in [0.29, 0.717) is 28.3 Å². The van der Waals surface area contributed by atoms with Crippen LogP contribution in [0.15, 0.2) is 59.0 Å². The van der Waals surface area contributed by atoms with Crippen LogP contribution in [0.2, 0.25) is 0 Å². The molecule has 0 saturated carbocycles. The maximum absolute atomic E-state index is 12.4. The third kappa shape index (κ3) is 3.44. The van der Waals surface area contributed by atoms with Crippen molar-refractivity contribution in [1.29, 1.82) is 0 Å². The van der Waals surface area contributed by atoms with Gasteiger partial charge in [-0.15, -0.1) is 0 Å². The van der Waals surface area contributed by atoms with Gasteiger partial charge in [0.25, 0.3) is 5.91 Å². The minimum Gasteiger partial charge on any atom is -0.496 e. The summed E-state index contributed by atoms with van der Waals surface area (Å²) in [7, 11) is 1.49. The van der Waals surface area contributed by atoms with Crippen molar-refractivity contribution in [2.75, 3.05) is 12.4 Å². The summed E-state index contributed by atoms with van der Waals surface area (Å²) in [6, 6.07) is 15.3. The van der Waals surface area contributed by atoms with E-state index in [4.69, 9.17) is 14.3 Å². The second-order valence-electron chi connectivity index (χ2n) is 5.65. The van der Waals surface area contributed by atoms with Gasteiger partial charge in [0.2, 0.25) is 5.76 Å². The minimum atomic E-state index is -1.14. The number of methoxy groups -OCH3 is 1. The number of carboxylic acid groups (broad SMARTS) is 1. The standard InChI is InChI=1S/C20H17NO5/c1-12-5-3-4-6-14(12)19(22)21-13-7-8-15(18(11-13)25-2)16-9-10-17(26-16)20(23)24/h3-11H,1-2H3,(H,21,22)(H,23,24). The van der Waals surface area contributed by atoms with Crippen molar-refractivity contribution in [1.82, 2.24) is 0 Å². The molecule has 6 heteroatoms. The Morgan fingerprint density at radius 1 is 1.08 bits per heavy atom. The lowest BCUT2D eigenvalue weighted by Crippen LogP contribution is -2.13. The van der Waals surface area contributed by atoms with E-state index in [2.05, 4.69) is 5.32 Å². The normalized spacial score (nSPS) is 10.4. The van der Waals surface area contributed by atoms with E-state index in [1.165, 1.54) is 13.2 Å². The maximum Gasteiger partial charge on any atom is 0.371 e. The Labute approximate surface area is 150 Å². The molecule has 0 fully saturated rings. The first-order valence-electron chi connectivity index (χ1n) is 7.88. The van der Waals surface area contributed by atoms with Gasteiger partial charge < -0.3 is 19.6 Å². The summed E-state index contributed by atoms with van der Waals surface area (Å²) in [5, 5.41) is 11.8. The fourth-order valence-electron chi connectivity index (χ4n) is 2.60. The zero-order chi connectivity index (χ0) is 18.7. The van der Waals surface area contributed by atoms with Gasteiger partial charge in [-0.1, -0.05) is 18.2 Å². The SMILES string of the molecule is COc1cc(NC(=O)c2ccccc2C)ccc1-c1ccc(C(=O)O)o1. The van der Waals surface area contributed by atoms with E-state index < -0.39 is 5.97 Å². The quantitative estimate of drug-likeness (QED) is 0.719. The molecule has 0 saturated heterocycles. The fraction of sp³-hybridized carbons (Fsp3) is 0.100. The second kappa shape index (κ2) is 7.14. The molecule has 3 rings (SSSR count). The van der Waals surface area contributed by atoms with E-state index in [0.717, 1.165) is 5.56 Å². The number of aromatic carboxylic acids is 1. The van der Waals surface area contributed by atoms with Crippen LogP contribution in [0, 0.1) is 6.92 Å². The lowest BCUT2D eigenvalue weighted by Gasteiger charge is -2.11. The van der Waals surface area contributed by atoms with Gasteiger partial charge in [0, 0.05) is 17.3 Å². The van der Waals surface area contributed by atoms with Gasteiger partial charge in [-0.2, -0.15) is 0 Å². The largest absolute Gasteiger partial charge is 0.496 e. The number of anilines is 1. The molecule has 2 aromatic carbocycles. The number of amides is 1. The maximum atomic E-state index is 12.4. The molecular formula is C20H17NO5. The molecule has 6 nitrogen and oxygen atoms in total. The molecule has 0 aliphatic carbocycles. The topological polar surface area (TPSA) is 88.8 Å². The highest BCUT2D eigenvalue weighted by molar-refractivity contribution is 6.05. The number of aryl methyl sites for hydroxylation is 1. The van der Waals surface area contributed by atoms with Crippen LogP contribution in [-0.4, -0.2) is 24.1 Å². The molecule has 1 heterocycles. The number of benzene rings is 2. The van der Waals surface area contributed by atoms with Crippen molar-refractivity contribution in [2.45, 2.75) is 6.92 Å². The Kier molecular flexibility index (Phi) is 4.75. The van der Waals surface area contributed by atoms with Gasteiger partial charge in [0.1, 0.15) is 11.5 Å². The molecule has 0 aliphatic heterocycles. The van der Waals surface area contributed by atoms with Crippen molar-refractivity contribution in [2.24, 2.45) is 0 Å². The Morgan fingerprint density at radius 2 is 1.85 bits per heavy atom. The van der Waals surface area contributed by atoms with Crippen LogP contribution in [0.4, 0.5) is 5.69 Å². The number of nitrogens with one attached hydrogen (secondary N) is 1. The van der Waals surface area contributed by atoms with E-state index in [1.54, 1.807) is 30.3 Å². The molecule has 1 amide bonds. The molecule has 132 valence electrons. The summed E-state index contributed by atoms with van der Waals surface area (Å²) in [6.45, 7) is 1.87. The summed E-state index contributed by atoms with van der Waals surface area (Å²) in [5.74, 6) is -0.685. The first-order valence-corrected chi connectivity index (χ1v) is 7.88. The van der Waals surface area contributed by atoms with Gasteiger partial charge in [-0.3, -0.25) is 4.79 Å². The van der Waals surface area contributed by atoms with Crippen molar-refractivity contribution < 1.29 is 23.8 Å². The predicted octanol–water partition coefficient (Wildman–Crippen LogP) is 4.21. The first kappa shape index (κ1) is 17.3. The number of carboxylic acids is 1. The average Bonchev–Trinajstić information content (AvgIpc) is 3.12. The Balaban J connectivity index is 1.88. The van der Waals surface area contributed by atoms with E-state index >= 15 is 0 Å². The minimum absolute atomic E-state index is 0.154. The number of furan rings is 1. The average molecular weight is 351 g/mol. The number of carbonyl (C=O) groups is 2. The molecule has 0 bridgehead atoms. The van der Waals surface area contributed by atoms with Crippen molar-refractivity contribution in [3.05, 3.63) is 71.5 Å². The fourth-order valence-corrected chi connectivity index (χ4v) is 2.60. The van der Waals surface area contributed by atoms with Crippen LogP contribution in [0.5, 0.6) is 5.75 Å². The molecular weight excluding hydrogens is 334 g/mol. The van der Waals surface area contributed by atoms with Gasteiger partial charge in [0.15, 0.2) is 0 Å². The summed E-state index contributed by atoms with van der Waals surface area (Å²) in [4.78, 5) is 23.4. The summed E-state index contributed by atoms with van der Waals surface area (Å²) in [5.41, 5.74) is 2.62. The lowest BCUT2D eigenvalue weighted by atomic mass is 10.1. The molecule has 3 aromatic rings. The third-order valence-electron chi connectivity index (χ3n) is 3.93. The van der Waals surface area contributed by atoms with E-state index in [1.807, 2.05) is 25.1 Å². The number of hydrogen-bond acceptors (Lipinski definition) is 4. The van der Waals surface area contributed by atoms with Crippen LogP contribution in [0.25, 0.3) is 11.3 Å². The molecule has 0 atom stereocenters. The van der Waals surface area contributed by atoms with Gasteiger partial charge in [-0.05, 0) is 42.8 Å². The number of ether oxygens (including phenoxy) is 1. The summed E-state index contributed by atoms with van der Waals surface area (Å²) < 4.78 is 10.7. The Morgan fingerprint density at radius 3 is 2.50 bits per heavy atom. The number of hydrogen-bond donors (Lipinski definition) is 2. The first-order chi connectivity index (χ1) is 12.5. The van der Waals surface area contributed by atoms with Crippen molar-refractivity contribution in [3.8, 4) is 17.1 Å². The summed E-state index contributed by atoms with van der Waals surface area (Å²) >= 11 is 0. The lowest BCUT2D eigenvalue weighted by molar-refractivity contribution is 0.0663. The molecule has 0 spiro atoms. The van der Waals surface area contributed by atoms with Gasteiger partial charge >= 0.3 is 5.97 Å².